The number of aliphatic hydroxyl groups is 1. The van der Waals surface area contributed by atoms with Crippen molar-refractivity contribution in [1.29, 1.82) is 0 Å². The average Bonchev–Trinajstić information content (AvgIpc) is 3.15. The molecule has 1 aliphatic rings. The molecule has 0 saturated carbocycles. The molecule has 0 aliphatic carbocycles. The molecule has 0 fully saturated rings. The maximum Gasteiger partial charge on any atom is 0.346 e. The highest BCUT2D eigenvalue weighted by Gasteiger charge is 2.22. The molecule has 0 spiro atoms. The first kappa shape index (κ1) is 18.5. The minimum Gasteiger partial charge on any atom is -0.504 e. The number of rotatable bonds is 4. The molecular formula is C21H17N3O5. The Hall–Kier alpha value is -3.91. The number of hydrogen-bond donors (Lipinski definition) is 3. The number of fused-ring (bicyclic) bond motifs is 1. The fourth-order valence-corrected chi connectivity index (χ4v) is 2.92. The molecule has 0 unspecified atom stereocenters. The van der Waals surface area contributed by atoms with E-state index < -0.39 is 5.97 Å². The lowest BCUT2D eigenvalue weighted by Crippen LogP contribution is -2.17. The molecule has 8 nitrogen and oxygen atoms in total. The zero-order chi connectivity index (χ0) is 20.2. The Morgan fingerprint density at radius 2 is 2.21 bits per heavy atom. The third-order valence-corrected chi connectivity index (χ3v) is 4.22. The minimum atomic E-state index is -0.816. The number of aromatic nitrogens is 2. The number of aliphatic imine (C=N–C) groups is 1. The quantitative estimate of drug-likeness (QED) is 0.574. The summed E-state index contributed by atoms with van der Waals surface area (Å²) in [7, 11) is 0. The Balaban J connectivity index is 1.95. The number of hydrogen-bond acceptors (Lipinski definition) is 7. The predicted molar refractivity (Wildman–Crippen MR) is 107 cm³/mol. The molecule has 146 valence electrons. The van der Waals surface area contributed by atoms with Crippen LogP contribution in [0.4, 0.5) is 0 Å². The van der Waals surface area contributed by atoms with Gasteiger partial charge in [-0.1, -0.05) is 12.2 Å². The standard InChI is InChI=1S/C21H17N3O5/c25-9-10-28-21(27)17-18(26)16(29-19(17)15-6-2-1-3-7-22-15)11-13-12-24-20-14(13)5-4-8-23-20/h1-8,11-12,25-26H,9-10H2,(H,23,24)/b16-11-,19-15?. The summed E-state index contributed by atoms with van der Waals surface area (Å²) in [6, 6.07) is 3.67. The Labute approximate surface area is 164 Å². The first-order valence-electron chi connectivity index (χ1n) is 8.84. The molecule has 3 aromatic heterocycles. The number of aromatic amines is 1. The number of nitrogens with zero attached hydrogens (tertiary/aromatic N) is 2. The maximum atomic E-state index is 12.5. The van der Waals surface area contributed by atoms with Crippen LogP contribution in [0.2, 0.25) is 0 Å². The molecule has 1 aliphatic heterocycles. The van der Waals surface area contributed by atoms with Gasteiger partial charge in [-0.2, -0.15) is 0 Å². The van der Waals surface area contributed by atoms with Gasteiger partial charge < -0.3 is 24.4 Å². The monoisotopic (exact) mass is 391 g/mol. The first-order valence-corrected chi connectivity index (χ1v) is 8.84. The van der Waals surface area contributed by atoms with E-state index in [4.69, 9.17) is 14.3 Å². The predicted octanol–water partition coefficient (Wildman–Crippen LogP) is 1.14. The Bertz CT molecular complexity index is 1260. The first-order chi connectivity index (χ1) is 14.2. The lowest BCUT2D eigenvalue weighted by atomic mass is 10.2. The van der Waals surface area contributed by atoms with Gasteiger partial charge in [-0.25, -0.2) is 9.78 Å². The van der Waals surface area contributed by atoms with Crippen LogP contribution in [0.25, 0.3) is 22.8 Å². The molecule has 4 heterocycles. The summed E-state index contributed by atoms with van der Waals surface area (Å²) >= 11 is 0. The summed E-state index contributed by atoms with van der Waals surface area (Å²) in [5, 5.41) is 20.5. The van der Waals surface area contributed by atoms with Gasteiger partial charge in [0.1, 0.15) is 18.0 Å². The van der Waals surface area contributed by atoms with Crippen LogP contribution in [0.15, 0.2) is 58.2 Å². The largest absolute Gasteiger partial charge is 0.504 e. The van der Waals surface area contributed by atoms with Gasteiger partial charge >= 0.3 is 5.97 Å². The summed E-state index contributed by atoms with van der Waals surface area (Å²) in [4.78, 5) is 24.0. The number of allylic oxidation sites excluding steroid dienone is 3. The molecule has 0 bridgehead atoms. The molecule has 3 N–H and O–H groups in total. The van der Waals surface area contributed by atoms with E-state index in [1.165, 1.54) is 0 Å². The summed E-state index contributed by atoms with van der Waals surface area (Å²) in [5.74, 6) is -1.18. The maximum absolute atomic E-state index is 12.5. The van der Waals surface area contributed by atoms with Crippen LogP contribution in [-0.4, -0.2) is 45.6 Å². The molecule has 0 atom stereocenters. The smallest absolute Gasteiger partial charge is 0.346 e. The number of pyridine rings is 1. The number of H-pyrrole nitrogens is 1. The number of ether oxygens (including phenoxy) is 1. The highest BCUT2D eigenvalue weighted by molar-refractivity contribution is 5.94. The molecule has 0 saturated heterocycles. The van der Waals surface area contributed by atoms with Crippen LogP contribution in [0, 0.1) is 0 Å². The van der Waals surface area contributed by atoms with Crippen LogP contribution >= 0.6 is 0 Å². The fourth-order valence-electron chi connectivity index (χ4n) is 2.92. The molecule has 29 heavy (non-hydrogen) atoms. The van der Waals surface area contributed by atoms with E-state index >= 15 is 0 Å². The van der Waals surface area contributed by atoms with Crippen molar-refractivity contribution < 1.29 is 24.2 Å². The number of furan rings is 1. The molecular weight excluding hydrogens is 374 g/mol. The van der Waals surface area contributed by atoms with Gasteiger partial charge in [-0.05, 0) is 30.4 Å². The normalized spacial score (nSPS) is 15.8. The summed E-state index contributed by atoms with van der Waals surface area (Å²) < 4.78 is 10.8. The van der Waals surface area contributed by atoms with Gasteiger partial charge in [-0.15, -0.1) is 0 Å². The third-order valence-electron chi connectivity index (χ3n) is 4.22. The van der Waals surface area contributed by atoms with Gasteiger partial charge in [-0.3, -0.25) is 4.99 Å². The fraction of sp³-hybridized carbons (Fsp3) is 0.0952. The second-order valence-corrected chi connectivity index (χ2v) is 6.07. The van der Waals surface area contributed by atoms with E-state index in [-0.39, 0.29) is 35.4 Å². The zero-order valence-corrected chi connectivity index (χ0v) is 15.2. The summed E-state index contributed by atoms with van der Waals surface area (Å²) in [6.07, 6.45) is 13.4. The van der Waals surface area contributed by atoms with Gasteiger partial charge in [0.2, 0.25) is 0 Å². The third kappa shape index (κ3) is 3.61. The van der Waals surface area contributed by atoms with Crippen LogP contribution in [0.3, 0.4) is 0 Å². The lowest BCUT2D eigenvalue weighted by molar-refractivity contribution is 0.0428. The Morgan fingerprint density at radius 1 is 1.31 bits per heavy atom. The van der Waals surface area contributed by atoms with Crippen LogP contribution < -0.4 is 10.8 Å². The topological polar surface area (TPSA) is 121 Å². The number of aromatic hydroxyl groups is 1. The van der Waals surface area contributed by atoms with Crippen molar-refractivity contribution >= 4 is 35.0 Å². The number of nitrogens with one attached hydrogen (secondary N) is 1. The number of esters is 1. The summed E-state index contributed by atoms with van der Waals surface area (Å²) in [5.41, 5.74) is 1.76. The van der Waals surface area contributed by atoms with Crippen molar-refractivity contribution in [1.82, 2.24) is 9.97 Å². The van der Waals surface area contributed by atoms with Gasteiger partial charge in [0.15, 0.2) is 22.1 Å². The van der Waals surface area contributed by atoms with E-state index in [0.717, 1.165) is 10.9 Å². The molecule has 0 radical (unpaired) electrons. The summed E-state index contributed by atoms with van der Waals surface area (Å²) in [6.45, 7) is -0.536. The average molecular weight is 391 g/mol. The second-order valence-electron chi connectivity index (χ2n) is 6.07. The van der Waals surface area contributed by atoms with Crippen molar-refractivity contribution in [3.8, 4) is 5.75 Å². The van der Waals surface area contributed by atoms with Gasteiger partial charge in [0.05, 0.1) is 6.61 Å². The van der Waals surface area contributed by atoms with E-state index in [0.29, 0.717) is 11.3 Å². The van der Waals surface area contributed by atoms with Crippen molar-refractivity contribution in [2.75, 3.05) is 13.2 Å². The van der Waals surface area contributed by atoms with E-state index in [1.54, 1.807) is 55.1 Å². The SMILES string of the molecule is O=C(OCCO)c1c(O)/c(=C/c2c[nH]c3ncccc23)oc1=C1C=CC=CC=N1. The molecule has 0 aromatic carbocycles. The van der Waals surface area contributed by atoms with E-state index in [1.807, 2.05) is 6.07 Å². The highest BCUT2D eigenvalue weighted by atomic mass is 16.5. The van der Waals surface area contributed by atoms with E-state index in [2.05, 4.69) is 15.0 Å². The molecule has 3 aromatic rings. The van der Waals surface area contributed by atoms with Crippen molar-refractivity contribution in [3.05, 3.63) is 70.8 Å². The van der Waals surface area contributed by atoms with Crippen molar-refractivity contribution in [2.45, 2.75) is 0 Å². The minimum absolute atomic E-state index is 0.0749. The molecule has 4 rings (SSSR count). The highest BCUT2D eigenvalue weighted by Crippen LogP contribution is 2.18. The van der Waals surface area contributed by atoms with Gasteiger partial charge in [0.25, 0.3) is 0 Å². The van der Waals surface area contributed by atoms with Crippen LogP contribution in [-0.2, 0) is 4.74 Å². The van der Waals surface area contributed by atoms with Crippen LogP contribution in [0.5, 0.6) is 5.75 Å². The Kier molecular flexibility index (Phi) is 5.08. The molecule has 0 amide bonds. The molecule has 8 heteroatoms. The van der Waals surface area contributed by atoms with E-state index in [9.17, 15) is 9.90 Å². The van der Waals surface area contributed by atoms with Crippen molar-refractivity contribution in [2.24, 2.45) is 4.99 Å². The Morgan fingerprint density at radius 3 is 3.07 bits per heavy atom. The number of aliphatic hydroxyl groups excluding tert-OH is 1. The van der Waals surface area contributed by atoms with Gasteiger partial charge in [0, 0.05) is 29.6 Å². The lowest BCUT2D eigenvalue weighted by Gasteiger charge is -2.01. The zero-order valence-electron chi connectivity index (χ0n) is 15.2. The van der Waals surface area contributed by atoms with Crippen molar-refractivity contribution in [3.63, 3.8) is 0 Å². The van der Waals surface area contributed by atoms with Crippen LogP contribution in [0.1, 0.15) is 15.9 Å². The second kappa shape index (κ2) is 7.99. The number of carbonyl (C=O) groups is 1. The number of carbonyl (C=O) groups excluding carboxylic acids is 1.